The van der Waals surface area contributed by atoms with E-state index in [1.165, 1.54) is 92.8 Å². The van der Waals surface area contributed by atoms with E-state index in [2.05, 4.69) is 146 Å². The van der Waals surface area contributed by atoms with Gasteiger partial charge >= 0.3 is 0 Å². The minimum absolute atomic E-state index is 1.25. The van der Waals surface area contributed by atoms with Gasteiger partial charge in [0.1, 0.15) is 0 Å². The Morgan fingerprint density at radius 2 is 1.02 bits per heavy atom. The van der Waals surface area contributed by atoms with Crippen LogP contribution in [-0.2, 0) is 0 Å². The monoisotopic (exact) mass is 521 g/mol. The third-order valence-electron chi connectivity index (χ3n) is 9.31. The van der Waals surface area contributed by atoms with Crippen molar-refractivity contribution in [1.82, 2.24) is 4.57 Å². The van der Waals surface area contributed by atoms with Crippen LogP contribution < -0.4 is 0 Å². The number of rotatable bonds is 2. The molecule has 0 aliphatic heterocycles. The third-order valence-corrected chi connectivity index (χ3v) is 9.31. The van der Waals surface area contributed by atoms with Gasteiger partial charge in [-0.1, -0.05) is 121 Å². The van der Waals surface area contributed by atoms with Crippen LogP contribution in [0.4, 0.5) is 0 Å². The first kappa shape index (κ1) is 22.7. The number of nitrogens with zero attached hydrogens (tertiary/aromatic N) is 1. The molecule has 192 valence electrons. The fourth-order valence-electron chi connectivity index (χ4n) is 7.39. The number of fused-ring (bicyclic) bond motifs is 4. The minimum Gasteiger partial charge on any atom is -0.312 e. The molecular weight excluding hydrogens is 494 g/mol. The van der Waals surface area contributed by atoms with Gasteiger partial charge in [-0.3, -0.25) is 0 Å². The van der Waals surface area contributed by atoms with Gasteiger partial charge in [-0.05, 0) is 74.3 Å². The molecule has 8 aromatic carbocycles. The molecule has 0 aliphatic rings. The first-order valence-corrected chi connectivity index (χ1v) is 14.4. The van der Waals surface area contributed by atoms with Gasteiger partial charge in [-0.25, -0.2) is 0 Å². The molecule has 0 saturated carbocycles. The van der Waals surface area contributed by atoms with Crippen LogP contribution in [0.5, 0.6) is 0 Å². The third kappa shape index (κ3) is 2.96. The lowest BCUT2D eigenvalue weighted by molar-refractivity contribution is 1.06. The highest BCUT2D eigenvalue weighted by Gasteiger charge is 2.23. The van der Waals surface area contributed by atoms with E-state index in [-0.39, 0.29) is 0 Å². The van der Waals surface area contributed by atoms with Crippen molar-refractivity contribution in [3.8, 4) is 16.8 Å². The van der Waals surface area contributed by atoms with Crippen LogP contribution >= 0.6 is 0 Å². The molecule has 0 spiro atoms. The van der Waals surface area contributed by atoms with Gasteiger partial charge < -0.3 is 4.57 Å². The predicted octanol–water partition coefficient (Wildman–Crippen LogP) is 11.1. The van der Waals surface area contributed by atoms with Crippen LogP contribution in [0.1, 0.15) is 11.3 Å². The van der Waals surface area contributed by atoms with Crippen molar-refractivity contribution < 1.29 is 0 Å². The molecule has 9 aromatic rings. The molecule has 1 heterocycles. The molecule has 41 heavy (non-hydrogen) atoms. The van der Waals surface area contributed by atoms with Gasteiger partial charge in [0.05, 0.1) is 11.2 Å². The molecule has 0 amide bonds. The Bertz CT molecular complexity index is 2400. The predicted molar refractivity (Wildman–Crippen MR) is 177 cm³/mol. The van der Waals surface area contributed by atoms with Crippen molar-refractivity contribution in [3.05, 3.63) is 139 Å². The van der Waals surface area contributed by atoms with Crippen LogP contribution in [0, 0.1) is 13.8 Å². The summed E-state index contributed by atoms with van der Waals surface area (Å²) in [6.07, 6.45) is 0. The Balaban J connectivity index is 1.53. The van der Waals surface area contributed by atoms with Crippen molar-refractivity contribution in [2.75, 3.05) is 0 Å². The first-order chi connectivity index (χ1) is 20.2. The lowest BCUT2D eigenvalue weighted by Crippen LogP contribution is -2.01. The fraction of sp³-hybridized carbons (Fsp3) is 0.0500. The van der Waals surface area contributed by atoms with E-state index in [1.807, 2.05) is 0 Å². The van der Waals surface area contributed by atoms with Gasteiger partial charge in [0.2, 0.25) is 0 Å². The molecule has 0 aliphatic carbocycles. The van der Waals surface area contributed by atoms with E-state index < -0.39 is 0 Å². The number of hydrogen-bond acceptors (Lipinski definition) is 0. The Morgan fingerprint density at radius 1 is 0.439 bits per heavy atom. The molecule has 0 atom stereocenters. The summed E-state index contributed by atoms with van der Waals surface area (Å²) in [5.41, 5.74) is 7.74. The summed E-state index contributed by atoms with van der Waals surface area (Å²) in [6.45, 7) is 4.58. The Morgan fingerprint density at radius 3 is 1.71 bits per heavy atom. The second kappa shape index (κ2) is 8.19. The summed E-state index contributed by atoms with van der Waals surface area (Å²) in [4.78, 5) is 0. The van der Waals surface area contributed by atoms with Crippen molar-refractivity contribution in [2.45, 2.75) is 13.8 Å². The molecule has 0 unspecified atom stereocenters. The van der Waals surface area contributed by atoms with E-state index in [0.29, 0.717) is 0 Å². The van der Waals surface area contributed by atoms with E-state index in [4.69, 9.17) is 0 Å². The molecule has 0 fully saturated rings. The molecule has 0 radical (unpaired) electrons. The molecule has 0 saturated heterocycles. The molecule has 1 nitrogen and oxygen atoms in total. The number of hydrogen-bond donors (Lipinski definition) is 0. The van der Waals surface area contributed by atoms with E-state index in [1.54, 1.807) is 0 Å². The smallest absolute Gasteiger partial charge is 0.0616 e. The summed E-state index contributed by atoms with van der Waals surface area (Å²) >= 11 is 0. The van der Waals surface area contributed by atoms with Crippen molar-refractivity contribution in [2.24, 2.45) is 0 Å². The van der Waals surface area contributed by atoms with Gasteiger partial charge in [-0.2, -0.15) is 0 Å². The molecular formula is C40H27N. The standard InChI is InChI=1S/C40H27N/c1-24-25(2)41(40-34-22-21-28-14-10-13-27-19-20-29(23-35(24)40)38(34)36(27)28)39-32-17-8-6-15-30(32)37(26-11-4-3-5-12-26)31-16-7-9-18-33(31)39/h3-23H,1-2H3. The Kier molecular flexibility index (Phi) is 4.52. The maximum Gasteiger partial charge on any atom is 0.0616 e. The van der Waals surface area contributed by atoms with Crippen LogP contribution in [0.2, 0.25) is 0 Å². The molecule has 1 heteroatoms. The molecule has 0 bridgehead atoms. The quantitative estimate of drug-likeness (QED) is 0.157. The summed E-state index contributed by atoms with van der Waals surface area (Å²) in [6, 6.07) is 47.1. The van der Waals surface area contributed by atoms with Gasteiger partial charge in [-0.15, -0.1) is 0 Å². The maximum atomic E-state index is 2.57. The summed E-state index contributed by atoms with van der Waals surface area (Å²) in [5, 5.41) is 14.4. The largest absolute Gasteiger partial charge is 0.312 e. The maximum absolute atomic E-state index is 2.57. The van der Waals surface area contributed by atoms with Crippen LogP contribution in [0.25, 0.3) is 81.6 Å². The lowest BCUT2D eigenvalue weighted by Gasteiger charge is -2.21. The van der Waals surface area contributed by atoms with Gasteiger partial charge in [0.15, 0.2) is 0 Å². The number of benzene rings is 8. The number of aromatic nitrogens is 1. The summed E-state index contributed by atoms with van der Waals surface area (Å²) < 4.78 is 2.57. The highest BCUT2D eigenvalue weighted by Crippen LogP contribution is 2.46. The van der Waals surface area contributed by atoms with Crippen LogP contribution in [-0.4, -0.2) is 4.57 Å². The first-order valence-electron chi connectivity index (χ1n) is 14.4. The average molecular weight is 522 g/mol. The van der Waals surface area contributed by atoms with E-state index >= 15 is 0 Å². The van der Waals surface area contributed by atoms with Crippen LogP contribution in [0.15, 0.2) is 127 Å². The average Bonchev–Trinajstić information content (AvgIpc) is 3.27. The lowest BCUT2D eigenvalue weighted by atomic mass is 9.90. The van der Waals surface area contributed by atoms with Crippen molar-refractivity contribution >= 4 is 64.8 Å². The summed E-state index contributed by atoms with van der Waals surface area (Å²) in [7, 11) is 0. The Labute approximate surface area is 238 Å². The topological polar surface area (TPSA) is 4.93 Å². The van der Waals surface area contributed by atoms with Crippen molar-refractivity contribution in [3.63, 3.8) is 0 Å². The molecule has 9 rings (SSSR count). The summed E-state index contributed by atoms with van der Waals surface area (Å²) in [5.74, 6) is 0. The van der Waals surface area contributed by atoms with Crippen molar-refractivity contribution in [1.29, 1.82) is 0 Å². The highest BCUT2D eigenvalue weighted by molar-refractivity contribution is 6.29. The zero-order valence-electron chi connectivity index (χ0n) is 23.1. The Hall–Kier alpha value is -5.14. The zero-order chi connectivity index (χ0) is 27.2. The number of aryl methyl sites for hydroxylation is 1. The molecule has 0 N–H and O–H groups in total. The second-order valence-electron chi connectivity index (χ2n) is 11.4. The zero-order valence-corrected chi connectivity index (χ0v) is 23.1. The van der Waals surface area contributed by atoms with Gasteiger partial charge in [0, 0.05) is 27.2 Å². The van der Waals surface area contributed by atoms with Gasteiger partial charge in [0.25, 0.3) is 0 Å². The molecule has 1 aromatic heterocycles. The normalized spacial score (nSPS) is 12.1. The van der Waals surface area contributed by atoms with E-state index in [9.17, 15) is 0 Å². The van der Waals surface area contributed by atoms with Crippen LogP contribution in [0.3, 0.4) is 0 Å². The minimum atomic E-state index is 1.25. The van der Waals surface area contributed by atoms with E-state index in [0.717, 1.165) is 0 Å². The SMILES string of the molecule is Cc1c(C)n(-c2c3ccccc3c(-c3ccccc3)c3ccccc23)c2c1cc1ccc3cccc4ccc2c1c34. The fourth-order valence-corrected chi connectivity index (χ4v) is 7.39. The highest BCUT2D eigenvalue weighted by atomic mass is 15.0. The second-order valence-corrected chi connectivity index (χ2v) is 11.4.